The van der Waals surface area contributed by atoms with E-state index in [1.807, 2.05) is 4.90 Å². The van der Waals surface area contributed by atoms with Crippen molar-refractivity contribution in [3.05, 3.63) is 35.3 Å². The SMILES string of the molecule is O=C(c1ccc[n+]([O-])c1)N1CC[C@@]2(CCCN(CC3CCCCC3)C2)C1. The Labute approximate surface area is 156 Å². The molecule has 1 aromatic heterocycles. The van der Waals surface area contributed by atoms with Crippen LogP contribution in [0, 0.1) is 16.5 Å². The number of pyridine rings is 1. The lowest BCUT2D eigenvalue weighted by Crippen LogP contribution is -2.47. The minimum Gasteiger partial charge on any atom is -0.619 e. The molecule has 1 spiro atoms. The van der Waals surface area contributed by atoms with E-state index in [2.05, 4.69) is 4.90 Å². The Bertz CT molecular complexity index is 644. The van der Waals surface area contributed by atoms with Crippen LogP contribution in [0.5, 0.6) is 0 Å². The molecule has 26 heavy (non-hydrogen) atoms. The van der Waals surface area contributed by atoms with Gasteiger partial charge in [0.15, 0.2) is 12.4 Å². The highest BCUT2D eigenvalue weighted by Crippen LogP contribution is 2.40. The van der Waals surface area contributed by atoms with Gasteiger partial charge in [0.25, 0.3) is 5.91 Å². The van der Waals surface area contributed by atoms with Crippen LogP contribution < -0.4 is 4.73 Å². The van der Waals surface area contributed by atoms with Crippen molar-refractivity contribution in [3.63, 3.8) is 0 Å². The molecule has 4 rings (SSSR count). The largest absolute Gasteiger partial charge is 0.619 e. The van der Waals surface area contributed by atoms with Crippen molar-refractivity contribution < 1.29 is 9.52 Å². The van der Waals surface area contributed by atoms with Crippen LogP contribution >= 0.6 is 0 Å². The van der Waals surface area contributed by atoms with Gasteiger partial charge in [0.05, 0.1) is 0 Å². The number of hydrogen-bond acceptors (Lipinski definition) is 3. The Balaban J connectivity index is 1.37. The first-order valence-corrected chi connectivity index (χ1v) is 10.3. The maximum absolute atomic E-state index is 12.8. The smallest absolute Gasteiger partial charge is 0.259 e. The molecule has 0 N–H and O–H groups in total. The summed E-state index contributed by atoms with van der Waals surface area (Å²) >= 11 is 0. The molecular weight excluding hydrogens is 326 g/mol. The number of likely N-dealkylation sites (tertiary alicyclic amines) is 2. The summed E-state index contributed by atoms with van der Waals surface area (Å²) < 4.78 is 0.714. The van der Waals surface area contributed by atoms with Crippen LogP contribution in [0.1, 0.15) is 61.7 Å². The van der Waals surface area contributed by atoms with Crippen LogP contribution in [0.15, 0.2) is 24.5 Å². The van der Waals surface area contributed by atoms with E-state index >= 15 is 0 Å². The lowest BCUT2D eigenvalue weighted by atomic mass is 9.78. The summed E-state index contributed by atoms with van der Waals surface area (Å²) in [6, 6.07) is 3.40. The molecule has 2 aliphatic heterocycles. The highest BCUT2D eigenvalue weighted by Gasteiger charge is 2.43. The van der Waals surface area contributed by atoms with Gasteiger partial charge in [0.1, 0.15) is 5.56 Å². The standard InChI is InChI=1S/C21H31N3O2/c25-20(19-8-4-12-24(26)15-19)23-13-10-21(17-23)9-5-11-22(16-21)14-18-6-2-1-3-7-18/h4,8,12,15,18H,1-3,5-7,9-11,13-14,16-17H2/t21-/m1/s1. The van der Waals surface area contributed by atoms with Crippen molar-refractivity contribution in [2.24, 2.45) is 11.3 Å². The summed E-state index contributed by atoms with van der Waals surface area (Å²) in [6.45, 7) is 5.29. The van der Waals surface area contributed by atoms with Crippen molar-refractivity contribution in [3.8, 4) is 0 Å². The zero-order chi connectivity index (χ0) is 18.0. The van der Waals surface area contributed by atoms with Gasteiger partial charge in [-0.2, -0.15) is 4.73 Å². The zero-order valence-corrected chi connectivity index (χ0v) is 15.7. The van der Waals surface area contributed by atoms with E-state index in [1.165, 1.54) is 70.4 Å². The van der Waals surface area contributed by atoms with Gasteiger partial charge in [-0.3, -0.25) is 4.79 Å². The average Bonchev–Trinajstić information content (AvgIpc) is 3.05. The molecule has 5 heteroatoms. The van der Waals surface area contributed by atoms with Crippen LogP contribution in [0.4, 0.5) is 0 Å². The van der Waals surface area contributed by atoms with Crippen LogP contribution in [0.3, 0.4) is 0 Å². The molecule has 0 bridgehead atoms. The summed E-state index contributed by atoms with van der Waals surface area (Å²) in [5.41, 5.74) is 0.777. The molecule has 3 fully saturated rings. The zero-order valence-electron chi connectivity index (χ0n) is 15.7. The maximum Gasteiger partial charge on any atom is 0.259 e. The molecule has 0 unspecified atom stereocenters. The fourth-order valence-corrected chi connectivity index (χ4v) is 5.41. The van der Waals surface area contributed by atoms with Crippen molar-refractivity contribution in [1.29, 1.82) is 0 Å². The van der Waals surface area contributed by atoms with Crippen LogP contribution in [-0.2, 0) is 0 Å². The second-order valence-electron chi connectivity index (χ2n) is 8.77. The van der Waals surface area contributed by atoms with Crippen molar-refractivity contribution >= 4 is 5.91 Å². The van der Waals surface area contributed by atoms with E-state index in [0.29, 0.717) is 10.3 Å². The monoisotopic (exact) mass is 357 g/mol. The number of carbonyl (C=O) groups is 1. The number of piperidine rings is 1. The van der Waals surface area contributed by atoms with E-state index in [9.17, 15) is 10.0 Å². The number of nitrogens with zero attached hydrogens (tertiary/aromatic N) is 3. The van der Waals surface area contributed by atoms with E-state index in [-0.39, 0.29) is 11.3 Å². The first-order valence-electron chi connectivity index (χ1n) is 10.3. The fraction of sp³-hybridized carbons (Fsp3) is 0.714. The third-order valence-electron chi connectivity index (χ3n) is 6.73. The lowest BCUT2D eigenvalue weighted by molar-refractivity contribution is -0.605. The molecule has 1 aliphatic carbocycles. The third kappa shape index (κ3) is 3.88. The minimum atomic E-state index is 0.0106. The molecule has 3 aliphatic rings. The van der Waals surface area contributed by atoms with E-state index in [0.717, 1.165) is 32.0 Å². The van der Waals surface area contributed by atoms with Gasteiger partial charge in [0.2, 0.25) is 0 Å². The van der Waals surface area contributed by atoms with Gasteiger partial charge in [-0.05, 0) is 50.6 Å². The molecule has 1 saturated carbocycles. The third-order valence-corrected chi connectivity index (χ3v) is 6.73. The van der Waals surface area contributed by atoms with E-state index in [4.69, 9.17) is 0 Å². The molecule has 3 heterocycles. The first-order chi connectivity index (χ1) is 12.6. The van der Waals surface area contributed by atoms with Gasteiger partial charge in [-0.15, -0.1) is 0 Å². The molecule has 0 aromatic carbocycles. The van der Waals surface area contributed by atoms with Crippen LogP contribution in [0.2, 0.25) is 0 Å². The number of rotatable bonds is 3. The van der Waals surface area contributed by atoms with Crippen LogP contribution in [-0.4, -0.2) is 48.4 Å². The first kappa shape index (κ1) is 17.8. The van der Waals surface area contributed by atoms with Crippen molar-refractivity contribution in [2.75, 3.05) is 32.7 Å². The Morgan fingerprint density at radius 1 is 1.15 bits per heavy atom. The predicted molar refractivity (Wildman–Crippen MR) is 101 cm³/mol. The van der Waals surface area contributed by atoms with Crippen LogP contribution in [0.25, 0.3) is 0 Å². The van der Waals surface area contributed by atoms with E-state index in [1.54, 1.807) is 12.1 Å². The Morgan fingerprint density at radius 3 is 2.81 bits per heavy atom. The Morgan fingerprint density at radius 2 is 2.00 bits per heavy atom. The second-order valence-corrected chi connectivity index (χ2v) is 8.77. The quantitative estimate of drug-likeness (QED) is 0.617. The number of aromatic nitrogens is 1. The molecule has 5 nitrogen and oxygen atoms in total. The highest BCUT2D eigenvalue weighted by atomic mass is 16.5. The molecule has 0 radical (unpaired) electrons. The van der Waals surface area contributed by atoms with Crippen molar-refractivity contribution in [2.45, 2.75) is 51.4 Å². The molecular formula is C21H31N3O2. The van der Waals surface area contributed by atoms with Gasteiger partial charge >= 0.3 is 0 Å². The van der Waals surface area contributed by atoms with Gasteiger partial charge in [-0.1, -0.05) is 19.3 Å². The van der Waals surface area contributed by atoms with Gasteiger partial charge in [-0.25, -0.2) is 0 Å². The lowest BCUT2D eigenvalue weighted by Gasteiger charge is -2.42. The molecule has 1 atom stereocenters. The molecule has 1 amide bonds. The highest BCUT2D eigenvalue weighted by molar-refractivity contribution is 5.93. The number of amides is 1. The Kier molecular flexibility index (Phi) is 5.16. The summed E-state index contributed by atoms with van der Waals surface area (Å²) in [5, 5.41) is 11.5. The van der Waals surface area contributed by atoms with Gasteiger partial charge < -0.3 is 15.0 Å². The summed E-state index contributed by atoms with van der Waals surface area (Å²) in [6.07, 6.45) is 13.4. The number of hydrogen-bond donors (Lipinski definition) is 0. The Hall–Kier alpha value is -1.62. The summed E-state index contributed by atoms with van der Waals surface area (Å²) in [4.78, 5) is 17.4. The van der Waals surface area contributed by atoms with Gasteiger partial charge in [0, 0.05) is 37.7 Å². The molecule has 2 saturated heterocycles. The normalized spacial score (nSPS) is 27.9. The second kappa shape index (κ2) is 7.55. The average molecular weight is 357 g/mol. The minimum absolute atomic E-state index is 0.0106. The van der Waals surface area contributed by atoms with Crippen molar-refractivity contribution in [1.82, 2.24) is 9.80 Å². The maximum atomic E-state index is 12.8. The molecule has 142 valence electrons. The topological polar surface area (TPSA) is 50.5 Å². The number of carbonyl (C=O) groups excluding carboxylic acids is 1. The predicted octanol–water partition coefficient (Wildman–Crippen LogP) is 2.83. The molecule has 1 aromatic rings. The van der Waals surface area contributed by atoms with E-state index < -0.39 is 0 Å². The fourth-order valence-electron chi connectivity index (χ4n) is 5.41. The summed E-state index contributed by atoms with van der Waals surface area (Å²) in [7, 11) is 0. The summed E-state index contributed by atoms with van der Waals surface area (Å²) in [5.74, 6) is 0.895.